The number of nitrogens with one attached hydrogen (secondary N) is 1. The van der Waals surface area contributed by atoms with Crippen LogP contribution in [0.2, 0.25) is 0 Å². The van der Waals surface area contributed by atoms with Crippen LogP contribution in [0.1, 0.15) is 28.4 Å². The van der Waals surface area contributed by atoms with E-state index in [2.05, 4.69) is 10.3 Å². The molecule has 2 nitrogen and oxygen atoms in total. The average Bonchev–Trinajstić information content (AvgIpc) is 2.61. The molecule has 2 aromatic rings. The van der Waals surface area contributed by atoms with E-state index in [-0.39, 0.29) is 5.56 Å². The van der Waals surface area contributed by atoms with Gasteiger partial charge in [0.05, 0.1) is 5.56 Å². The molecule has 0 fully saturated rings. The van der Waals surface area contributed by atoms with Crippen LogP contribution in [-0.2, 0) is 0 Å². The van der Waals surface area contributed by atoms with E-state index < -0.39 is 29.5 Å². The second kappa shape index (κ2) is 7.23. The number of aliphatic imine (C=N–C) groups is 1. The number of hydrogen-bond donors (Lipinski definition) is 1. The molecule has 0 radical (unpaired) electrons. The summed E-state index contributed by atoms with van der Waals surface area (Å²) >= 11 is 0. The van der Waals surface area contributed by atoms with Gasteiger partial charge in [-0.25, -0.2) is 8.78 Å². The number of allylic oxidation sites excluding steroid dienone is 1. The summed E-state index contributed by atoms with van der Waals surface area (Å²) in [6, 6.07) is 9.57. The van der Waals surface area contributed by atoms with Gasteiger partial charge in [0.1, 0.15) is 17.8 Å². The number of halogens is 5. The lowest BCUT2D eigenvalue weighted by Crippen LogP contribution is -2.18. The molecule has 0 saturated carbocycles. The second-order valence-corrected chi connectivity index (χ2v) is 5.92. The van der Waals surface area contributed by atoms with Crippen molar-refractivity contribution in [1.29, 1.82) is 0 Å². The highest BCUT2D eigenvalue weighted by atomic mass is 19.4. The SMILES string of the molecule is Cc1ccc(C2=CNC(c3cc(F)c(C#CC(F)(F)F)c(F)c3)N=C2)cc1. The highest BCUT2D eigenvalue weighted by Crippen LogP contribution is 2.25. The van der Waals surface area contributed by atoms with E-state index in [1.807, 2.05) is 31.2 Å². The number of aryl methyl sites for hydroxylation is 1. The fraction of sp³-hybridized carbons (Fsp3) is 0.150. The van der Waals surface area contributed by atoms with Crippen LogP contribution in [-0.4, -0.2) is 12.4 Å². The van der Waals surface area contributed by atoms with Crippen molar-refractivity contribution in [2.45, 2.75) is 19.3 Å². The molecule has 0 bridgehead atoms. The maximum atomic E-state index is 14.0. The lowest BCUT2D eigenvalue weighted by atomic mass is 10.0. The molecule has 0 saturated heterocycles. The Balaban J connectivity index is 1.81. The first kappa shape index (κ1) is 18.6. The van der Waals surface area contributed by atoms with Gasteiger partial charge in [0.2, 0.25) is 0 Å². The molecule has 1 aliphatic heterocycles. The van der Waals surface area contributed by atoms with Crippen LogP contribution in [0.3, 0.4) is 0 Å². The van der Waals surface area contributed by atoms with Gasteiger partial charge in [-0.2, -0.15) is 13.2 Å². The van der Waals surface area contributed by atoms with Crippen LogP contribution in [0.4, 0.5) is 22.0 Å². The third-order valence-corrected chi connectivity index (χ3v) is 3.85. The van der Waals surface area contributed by atoms with Gasteiger partial charge in [0.15, 0.2) is 0 Å². The molecule has 2 aromatic carbocycles. The fourth-order valence-electron chi connectivity index (χ4n) is 2.49. The van der Waals surface area contributed by atoms with Crippen LogP contribution in [0.25, 0.3) is 5.57 Å². The third kappa shape index (κ3) is 4.53. The Morgan fingerprint density at radius 3 is 2.19 bits per heavy atom. The monoisotopic (exact) mass is 376 g/mol. The third-order valence-electron chi connectivity index (χ3n) is 3.85. The van der Waals surface area contributed by atoms with E-state index in [1.54, 1.807) is 12.4 Å². The highest BCUT2D eigenvalue weighted by Gasteiger charge is 2.24. The molecule has 1 aliphatic rings. The number of alkyl halides is 3. The zero-order chi connectivity index (χ0) is 19.6. The summed E-state index contributed by atoms with van der Waals surface area (Å²) in [5, 5.41) is 2.92. The number of rotatable bonds is 2. The summed E-state index contributed by atoms with van der Waals surface area (Å²) in [5.41, 5.74) is 2.03. The maximum absolute atomic E-state index is 14.0. The molecule has 1 heterocycles. The Kier molecular flexibility index (Phi) is 5.00. The van der Waals surface area contributed by atoms with Crippen LogP contribution in [0.5, 0.6) is 0 Å². The summed E-state index contributed by atoms with van der Waals surface area (Å²) in [6.07, 6.45) is -2.36. The number of nitrogens with zero attached hydrogens (tertiary/aromatic N) is 1. The molecule has 1 unspecified atom stereocenters. The zero-order valence-electron chi connectivity index (χ0n) is 14.0. The van der Waals surface area contributed by atoms with Crippen molar-refractivity contribution in [3.8, 4) is 11.8 Å². The molecule has 0 amide bonds. The first-order chi connectivity index (χ1) is 12.7. The van der Waals surface area contributed by atoms with E-state index in [1.165, 1.54) is 5.92 Å². The summed E-state index contributed by atoms with van der Waals surface area (Å²) in [7, 11) is 0. The Bertz CT molecular complexity index is 953. The van der Waals surface area contributed by atoms with Crippen molar-refractivity contribution in [3.63, 3.8) is 0 Å². The molecule has 7 heteroatoms. The quantitative estimate of drug-likeness (QED) is 0.585. The minimum Gasteiger partial charge on any atom is -0.366 e. The van der Waals surface area contributed by atoms with E-state index in [9.17, 15) is 22.0 Å². The smallest absolute Gasteiger partial charge is 0.366 e. The lowest BCUT2D eigenvalue weighted by molar-refractivity contribution is -0.0696. The summed E-state index contributed by atoms with van der Waals surface area (Å²) in [6.45, 7) is 1.97. The first-order valence-electron chi connectivity index (χ1n) is 7.88. The van der Waals surface area contributed by atoms with Gasteiger partial charge in [-0.15, -0.1) is 0 Å². The van der Waals surface area contributed by atoms with Gasteiger partial charge in [-0.3, -0.25) is 4.99 Å². The van der Waals surface area contributed by atoms with E-state index >= 15 is 0 Å². The van der Waals surface area contributed by atoms with Crippen molar-refractivity contribution in [3.05, 3.63) is 76.5 Å². The van der Waals surface area contributed by atoms with Crippen LogP contribution in [0, 0.1) is 30.4 Å². The fourth-order valence-corrected chi connectivity index (χ4v) is 2.49. The summed E-state index contributed by atoms with van der Waals surface area (Å²) < 4.78 is 64.4. The minimum absolute atomic E-state index is 0.137. The van der Waals surface area contributed by atoms with Crippen molar-refractivity contribution in [1.82, 2.24) is 5.32 Å². The minimum atomic E-state index is -4.83. The van der Waals surface area contributed by atoms with E-state index in [4.69, 9.17) is 0 Å². The largest absolute Gasteiger partial charge is 0.458 e. The van der Waals surface area contributed by atoms with Crippen molar-refractivity contribution in [2.75, 3.05) is 0 Å². The predicted octanol–water partition coefficient (Wildman–Crippen LogP) is 4.90. The molecule has 138 valence electrons. The number of benzene rings is 2. The van der Waals surface area contributed by atoms with Crippen LogP contribution < -0.4 is 5.32 Å². The van der Waals surface area contributed by atoms with Crippen molar-refractivity contribution >= 4 is 11.8 Å². The highest BCUT2D eigenvalue weighted by molar-refractivity contribution is 6.10. The van der Waals surface area contributed by atoms with Crippen LogP contribution >= 0.6 is 0 Å². The van der Waals surface area contributed by atoms with Gasteiger partial charge in [0.25, 0.3) is 0 Å². The van der Waals surface area contributed by atoms with Gasteiger partial charge in [-0.1, -0.05) is 35.7 Å². The van der Waals surface area contributed by atoms with Crippen LogP contribution in [0.15, 0.2) is 47.6 Å². The Morgan fingerprint density at radius 1 is 1.04 bits per heavy atom. The average molecular weight is 376 g/mol. The second-order valence-electron chi connectivity index (χ2n) is 5.92. The van der Waals surface area contributed by atoms with Gasteiger partial charge in [0, 0.05) is 29.5 Å². The maximum Gasteiger partial charge on any atom is 0.458 e. The van der Waals surface area contributed by atoms with Gasteiger partial charge < -0.3 is 5.32 Å². The number of hydrogen-bond acceptors (Lipinski definition) is 2. The normalized spacial score (nSPS) is 16.2. The summed E-state index contributed by atoms with van der Waals surface area (Å²) in [4.78, 5) is 4.22. The molecule has 0 aromatic heterocycles. The Hall–Kier alpha value is -3.14. The Labute approximate surface area is 152 Å². The van der Waals surface area contributed by atoms with E-state index in [0.717, 1.165) is 34.8 Å². The van der Waals surface area contributed by atoms with Crippen molar-refractivity contribution < 1.29 is 22.0 Å². The molecular formula is C20H13F5N2. The summed E-state index contributed by atoms with van der Waals surface area (Å²) in [5.74, 6) is 0.00257. The molecule has 1 N–H and O–H groups in total. The molecule has 0 aliphatic carbocycles. The molecular weight excluding hydrogens is 363 g/mol. The van der Waals surface area contributed by atoms with Gasteiger partial charge >= 0.3 is 6.18 Å². The molecule has 27 heavy (non-hydrogen) atoms. The topological polar surface area (TPSA) is 24.4 Å². The standard InChI is InChI=1S/C20H13F5N2/c1-12-2-4-13(5-3-12)15-10-26-19(27-11-15)14-8-17(21)16(18(22)9-14)6-7-20(23,24)25/h2-5,8-11,19,26H,1H3. The molecule has 1 atom stereocenters. The molecule has 3 rings (SSSR count). The molecule has 0 spiro atoms. The van der Waals surface area contributed by atoms with Gasteiger partial charge in [-0.05, 0) is 24.6 Å². The zero-order valence-corrected chi connectivity index (χ0v) is 14.0. The predicted molar refractivity (Wildman–Crippen MR) is 92.8 cm³/mol. The lowest BCUT2D eigenvalue weighted by Gasteiger charge is -2.19. The Morgan fingerprint density at radius 2 is 1.67 bits per heavy atom. The van der Waals surface area contributed by atoms with E-state index in [0.29, 0.717) is 0 Å². The first-order valence-corrected chi connectivity index (χ1v) is 7.88. The van der Waals surface area contributed by atoms with Crippen molar-refractivity contribution in [2.24, 2.45) is 4.99 Å².